The van der Waals surface area contributed by atoms with Gasteiger partial charge in [-0.2, -0.15) is 0 Å². The van der Waals surface area contributed by atoms with E-state index in [9.17, 15) is 19.2 Å². The Kier molecular flexibility index (Phi) is 6.89. The lowest BCUT2D eigenvalue weighted by atomic mass is 10.1. The maximum atomic E-state index is 12.3. The molecule has 9 heteroatoms. The van der Waals surface area contributed by atoms with Gasteiger partial charge in [-0.3, -0.25) is 19.4 Å². The fourth-order valence-electron chi connectivity index (χ4n) is 2.86. The van der Waals surface area contributed by atoms with Crippen LogP contribution < -0.4 is 0 Å². The molecule has 164 valence electrons. The van der Waals surface area contributed by atoms with E-state index in [0.29, 0.717) is 11.3 Å². The highest BCUT2D eigenvalue weighted by atomic mass is 32.2. The van der Waals surface area contributed by atoms with Crippen molar-refractivity contribution in [3.05, 3.63) is 65.2 Å². The number of oxime groups is 1. The van der Waals surface area contributed by atoms with Crippen molar-refractivity contribution >= 4 is 47.4 Å². The zero-order chi connectivity index (χ0) is 23.4. The van der Waals surface area contributed by atoms with Crippen LogP contribution in [0, 0.1) is 0 Å². The fraction of sp³-hybridized carbons (Fsp3) is 0.174. The third kappa shape index (κ3) is 5.12. The SMILES string of the molecule is CC(=O)O/N=C(\C)c1ccc(Sc2ccc(C=C3C(=O)N(C)C(=O)N(C)C3=O)cc2)cc1. The zero-order valence-electron chi connectivity index (χ0n) is 18.0. The van der Waals surface area contributed by atoms with Gasteiger partial charge in [0.05, 0.1) is 5.71 Å². The largest absolute Gasteiger partial charge is 0.333 e. The molecule has 0 bridgehead atoms. The highest BCUT2D eigenvalue weighted by Crippen LogP contribution is 2.29. The third-order valence-corrected chi connectivity index (χ3v) is 5.67. The Morgan fingerprint density at radius 2 is 1.38 bits per heavy atom. The number of amides is 4. The molecule has 1 aliphatic heterocycles. The Morgan fingerprint density at radius 3 is 1.88 bits per heavy atom. The molecule has 1 saturated heterocycles. The van der Waals surface area contributed by atoms with Crippen LogP contribution >= 0.6 is 11.8 Å². The second-order valence-corrected chi connectivity index (χ2v) is 8.17. The number of nitrogens with zero attached hydrogens (tertiary/aromatic N) is 3. The van der Waals surface area contributed by atoms with Crippen LogP contribution in [0.3, 0.4) is 0 Å². The van der Waals surface area contributed by atoms with Crippen molar-refractivity contribution in [1.29, 1.82) is 0 Å². The van der Waals surface area contributed by atoms with Gasteiger partial charge in [-0.1, -0.05) is 41.2 Å². The fourth-order valence-corrected chi connectivity index (χ4v) is 3.68. The second kappa shape index (κ2) is 9.61. The van der Waals surface area contributed by atoms with Crippen molar-refractivity contribution < 1.29 is 24.0 Å². The van der Waals surface area contributed by atoms with Gasteiger partial charge in [0, 0.05) is 30.8 Å². The molecule has 32 heavy (non-hydrogen) atoms. The number of likely N-dealkylation sites (N-methyl/N-ethyl adjacent to an activating group) is 2. The molecule has 0 N–H and O–H groups in total. The van der Waals surface area contributed by atoms with Crippen molar-refractivity contribution in [2.45, 2.75) is 23.6 Å². The smallest absolute Gasteiger partial charge is 0.318 e. The van der Waals surface area contributed by atoms with E-state index in [2.05, 4.69) is 9.99 Å². The van der Waals surface area contributed by atoms with Crippen LogP contribution in [0.5, 0.6) is 0 Å². The maximum Gasteiger partial charge on any atom is 0.333 e. The molecule has 3 rings (SSSR count). The summed E-state index contributed by atoms with van der Waals surface area (Å²) >= 11 is 1.54. The Hall–Kier alpha value is -3.72. The monoisotopic (exact) mass is 451 g/mol. The number of carbonyl (C=O) groups excluding carboxylic acids is 4. The van der Waals surface area contributed by atoms with Crippen LogP contribution in [0.2, 0.25) is 0 Å². The molecule has 0 unspecified atom stereocenters. The Balaban J connectivity index is 1.71. The topological polar surface area (TPSA) is 96.3 Å². The summed E-state index contributed by atoms with van der Waals surface area (Å²) in [6.07, 6.45) is 1.48. The van der Waals surface area contributed by atoms with E-state index in [1.165, 1.54) is 27.1 Å². The van der Waals surface area contributed by atoms with Gasteiger partial charge in [0.1, 0.15) is 5.57 Å². The van der Waals surface area contributed by atoms with Gasteiger partial charge in [0.25, 0.3) is 11.8 Å². The van der Waals surface area contributed by atoms with Gasteiger partial charge in [0.2, 0.25) is 0 Å². The van der Waals surface area contributed by atoms with E-state index >= 15 is 0 Å². The van der Waals surface area contributed by atoms with Crippen molar-refractivity contribution in [2.75, 3.05) is 14.1 Å². The number of barbiturate groups is 1. The van der Waals surface area contributed by atoms with Gasteiger partial charge in [-0.25, -0.2) is 9.59 Å². The van der Waals surface area contributed by atoms with Crippen molar-refractivity contribution in [3.63, 3.8) is 0 Å². The summed E-state index contributed by atoms with van der Waals surface area (Å²) in [7, 11) is 2.69. The minimum absolute atomic E-state index is 0.0589. The van der Waals surface area contributed by atoms with E-state index in [4.69, 9.17) is 0 Å². The lowest BCUT2D eigenvalue weighted by molar-refractivity contribution is -0.141. The Morgan fingerprint density at radius 1 is 0.875 bits per heavy atom. The number of hydrogen-bond acceptors (Lipinski definition) is 7. The van der Waals surface area contributed by atoms with Crippen molar-refractivity contribution in [2.24, 2.45) is 5.16 Å². The molecular weight excluding hydrogens is 430 g/mol. The summed E-state index contributed by atoms with van der Waals surface area (Å²) in [4.78, 5) is 55.8. The Labute approximate surface area is 189 Å². The summed E-state index contributed by atoms with van der Waals surface area (Å²) in [5.74, 6) is -1.71. The molecule has 4 amide bonds. The molecule has 1 fully saturated rings. The maximum absolute atomic E-state index is 12.3. The van der Waals surface area contributed by atoms with Gasteiger partial charge in [0.15, 0.2) is 0 Å². The molecule has 0 radical (unpaired) electrons. The molecule has 1 heterocycles. The summed E-state index contributed by atoms with van der Waals surface area (Å²) in [5.41, 5.74) is 2.05. The van der Waals surface area contributed by atoms with Gasteiger partial charge in [-0.15, -0.1) is 0 Å². The molecule has 0 aliphatic carbocycles. The minimum atomic E-state index is -0.650. The van der Waals surface area contributed by atoms with Crippen LogP contribution in [0.4, 0.5) is 4.79 Å². The van der Waals surface area contributed by atoms with Gasteiger partial charge < -0.3 is 4.84 Å². The molecule has 2 aromatic carbocycles. The Bertz CT molecular complexity index is 1110. The summed E-state index contributed by atoms with van der Waals surface area (Å²) < 4.78 is 0. The molecule has 0 aromatic heterocycles. The number of urea groups is 1. The first-order chi connectivity index (χ1) is 15.2. The van der Waals surface area contributed by atoms with Crippen molar-refractivity contribution in [3.8, 4) is 0 Å². The van der Waals surface area contributed by atoms with Crippen LogP contribution in [0.15, 0.2) is 69.1 Å². The second-order valence-electron chi connectivity index (χ2n) is 7.02. The number of rotatable bonds is 5. The summed E-state index contributed by atoms with van der Waals surface area (Å²) in [5, 5.41) is 3.77. The minimum Gasteiger partial charge on any atom is -0.318 e. The van der Waals surface area contributed by atoms with E-state index in [1.807, 2.05) is 36.4 Å². The first kappa shape index (κ1) is 23.0. The average molecular weight is 452 g/mol. The standard InChI is InChI=1S/C23H21N3O5S/c1-14(24-31-15(2)27)17-7-11-19(12-8-17)32-18-9-5-16(6-10-18)13-20-21(28)25(3)23(30)26(4)22(20)29/h5-13H,1-4H3/b24-14+. The quantitative estimate of drug-likeness (QED) is 0.227. The molecule has 8 nitrogen and oxygen atoms in total. The van der Waals surface area contributed by atoms with E-state index in [1.54, 1.807) is 30.8 Å². The molecule has 0 spiro atoms. The molecule has 2 aromatic rings. The predicted molar refractivity (Wildman–Crippen MR) is 120 cm³/mol. The van der Waals surface area contributed by atoms with Crippen LogP contribution in [0.1, 0.15) is 25.0 Å². The van der Waals surface area contributed by atoms with E-state index < -0.39 is 23.8 Å². The van der Waals surface area contributed by atoms with Crippen molar-refractivity contribution in [1.82, 2.24) is 9.80 Å². The van der Waals surface area contributed by atoms with E-state index in [-0.39, 0.29) is 5.57 Å². The molecule has 0 atom stereocenters. The van der Waals surface area contributed by atoms with Crippen LogP contribution in [-0.4, -0.2) is 53.4 Å². The normalized spacial score (nSPS) is 14.7. The van der Waals surface area contributed by atoms with Gasteiger partial charge in [-0.05, 0) is 48.4 Å². The lowest BCUT2D eigenvalue weighted by Gasteiger charge is -2.28. The first-order valence-corrected chi connectivity index (χ1v) is 10.4. The highest BCUT2D eigenvalue weighted by molar-refractivity contribution is 7.99. The zero-order valence-corrected chi connectivity index (χ0v) is 18.8. The lowest BCUT2D eigenvalue weighted by Crippen LogP contribution is -2.52. The third-order valence-electron chi connectivity index (χ3n) is 4.65. The average Bonchev–Trinajstić information content (AvgIpc) is 2.79. The van der Waals surface area contributed by atoms with Gasteiger partial charge >= 0.3 is 12.0 Å². The number of hydrogen-bond donors (Lipinski definition) is 0. The highest BCUT2D eigenvalue weighted by Gasteiger charge is 2.37. The number of imide groups is 2. The number of benzene rings is 2. The molecule has 0 saturated carbocycles. The van der Waals surface area contributed by atoms with E-state index in [0.717, 1.165) is 25.2 Å². The predicted octanol–water partition coefficient (Wildman–Crippen LogP) is 3.56. The molecular formula is C23H21N3O5S. The van der Waals surface area contributed by atoms with Crippen LogP contribution in [0.25, 0.3) is 6.08 Å². The number of carbonyl (C=O) groups is 4. The van der Waals surface area contributed by atoms with Crippen LogP contribution in [-0.2, 0) is 19.2 Å². The molecule has 1 aliphatic rings. The summed E-state index contributed by atoms with van der Waals surface area (Å²) in [6, 6.07) is 14.4. The summed E-state index contributed by atoms with van der Waals surface area (Å²) in [6.45, 7) is 3.05. The first-order valence-electron chi connectivity index (χ1n) is 9.59.